The molecule has 0 aliphatic rings. The molecule has 32 heavy (non-hydrogen) atoms. The minimum absolute atomic E-state index is 0.156. The highest BCUT2D eigenvalue weighted by molar-refractivity contribution is 7.89. The number of ether oxygens (including phenoxy) is 2. The minimum atomic E-state index is -4.89. The normalized spacial score (nSPS) is 11.8. The third-order valence-corrected chi connectivity index (χ3v) is 5.73. The Balaban J connectivity index is 1.52. The number of esters is 1. The summed E-state index contributed by atoms with van der Waals surface area (Å²) in [5.41, 5.74) is 1.55. The first kappa shape index (κ1) is 23.1. The number of sulfonamides is 1. The molecule has 1 aromatic carbocycles. The highest BCUT2D eigenvalue weighted by atomic mass is 32.2. The summed E-state index contributed by atoms with van der Waals surface area (Å²) in [7, 11) is -4.05. The third kappa shape index (κ3) is 5.77. The molecule has 0 unspecified atom stereocenters. The van der Waals surface area contributed by atoms with Gasteiger partial charge in [0, 0.05) is 24.5 Å². The summed E-state index contributed by atoms with van der Waals surface area (Å²) in [5, 5.41) is 9.34. The fraction of sp³-hybridized carbons (Fsp3) is 0.200. The average molecular weight is 467 g/mol. The van der Waals surface area contributed by atoms with Crippen LogP contribution in [0.3, 0.4) is 0 Å². The highest BCUT2D eigenvalue weighted by Crippen LogP contribution is 2.24. The number of hydrogen-bond acceptors (Lipinski definition) is 6. The maximum absolute atomic E-state index is 12.2. The smallest absolute Gasteiger partial charge is 0.461 e. The summed E-state index contributed by atoms with van der Waals surface area (Å²) in [6, 6.07) is 11.0. The zero-order chi connectivity index (χ0) is 23.4. The van der Waals surface area contributed by atoms with Crippen molar-refractivity contribution in [3.63, 3.8) is 0 Å². The van der Waals surface area contributed by atoms with E-state index in [4.69, 9.17) is 4.74 Å². The summed E-state index contributed by atoms with van der Waals surface area (Å²) >= 11 is 0. The number of fused-ring (bicyclic) bond motifs is 1. The molecule has 1 N–H and O–H groups in total. The first-order chi connectivity index (χ1) is 15.1. The second-order valence-corrected chi connectivity index (χ2v) is 8.23. The van der Waals surface area contributed by atoms with Crippen LogP contribution in [0.15, 0.2) is 59.8 Å². The highest BCUT2D eigenvalue weighted by Gasteiger charge is 2.31. The zero-order valence-electron chi connectivity index (χ0n) is 16.3. The van der Waals surface area contributed by atoms with Gasteiger partial charge in [-0.25, -0.2) is 13.1 Å². The van der Waals surface area contributed by atoms with E-state index in [2.05, 4.69) is 15.5 Å². The van der Waals surface area contributed by atoms with E-state index < -0.39 is 28.1 Å². The average Bonchev–Trinajstić information content (AvgIpc) is 3.09. The van der Waals surface area contributed by atoms with E-state index in [0.29, 0.717) is 16.6 Å². The van der Waals surface area contributed by atoms with Crippen LogP contribution in [0.5, 0.6) is 5.75 Å². The monoisotopic (exact) mass is 467 g/mol. The Bertz CT molecular complexity index is 1260. The van der Waals surface area contributed by atoms with Gasteiger partial charge < -0.3 is 13.9 Å². The van der Waals surface area contributed by atoms with Crippen molar-refractivity contribution < 1.29 is 35.9 Å². The molecule has 0 aliphatic heterocycles. The number of nitrogens with one attached hydrogen (secondary N) is 1. The van der Waals surface area contributed by atoms with Gasteiger partial charge in [0.1, 0.15) is 18.4 Å². The number of carbonyl (C=O) groups is 1. The van der Waals surface area contributed by atoms with Crippen molar-refractivity contribution in [2.45, 2.75) is 24.3 Å². The van der Waals surface area contributed by atoms with Crippen molar-refractivity contribution in [2.75, 3.05) is 6.54 Å². The standard InChI is InChI=1S/C20H16F3N3O5S/c21-20(22,23)31-15-4-6-16(7-5-15)32(28,29)25-9-8-19(27)30-13-14-12-26-10-2-1-3-18(26)17(14)11-24/h1-7,10,12,25H,8-9,13H2. The summed E-state index contributed by atoms with van der Waals surface area (Å²) in [4.78, 5) is 11.7. The maximum Gasteiger partial charge on any atom is 0.573 e. The first-order valence-electron chi connectivity index (χ1n) is 9.09. The van der Waals surface area contributed by atoms with Crippen LogP contribution in [0.2, 0.25) is 0 Å². The van der Waals surface area contributed by atoms with Gasteiger partial charge in [0.05, 0.1) is 22.4 Å². The lowest BCUT2D eigenvalue weighted by molar-refractivity contribution is -0.274. The summed E-state index contributed by atoms with van der Waals surface area (Å²) in [6.07, 6.45) is -1.77. The fourth-order valence-corrected chi connectivity index (χ4v) is 3.87. The number of benzene rings is 1. The van der Waals surface area contributed by atoms with Crippen LogP contribution < -0.4 is 9.46 Å². The van der Waals surface area contributed by atoms with E-state index in [0.717, 1.165) is 24.3 Å². The van der Waals surface area contributed by atoms with Crippen LogP contribution in [0.1, 0.15) is 17.5 Å². The molecule has 0 bridgehead atoms. The van der Waals surface area contributed by atoms with Crippen molar-refractivity contribution in [3.8, 4) is 11.8 Å². The molecule has 0 atom stereocenters. The van der Waals surface area contributed by atoms with E-state index in [9.17, 15) is 31.6 Å². The lowest BCUT2D eigenvalue weighted by atomic mass is 10.2. The van der Waals surface area contributed by atoms with Crippen molar-refractivity contribution in [2.24, 2.45) is 0 Å². The quantitative estimate of drug-likeness (QED) is 0.510. The van der Waals surface area contributed by atoms with Gasteiger partial charge in [-0.05, 0) is 36.4 Å². The Labute approximate surface area is 180 Å². The molecule has 0 amide bonds. The minimum Gasteiger partial charge on any atom is -0.461 e. The Morgan fingerprint density at radius 2 is 1.88 bits per heavy atom. The molecule has 0 fully saturated rings. The zero-order valence-corrected chi connectivity index (χ0v) is 17.1. The first-order valence-corrected chi connectivity index (χ1v) is 10.6. The molecule has 2 heterocycles. The van der Waals surface area contributed by atoms with E-state index >= 15 is 0 Å². The van der Waals surface area contributed by atoms with E-state index in [1.165, 1.54) is 0 Å². The van der Waals surface area contributed by atoms with Crippen LogP contribution in [0, 0.1) is 11.3 Å². The number of alkyl halides is 3. The molecule has 0 saturated heterocycles. The molecule has 168 valence electrons. The van der Waals surface area contributed by atoms with Crippen LogP contribution in [0.4, 0.5) is 13.2 Å². The molecular weight excluding hydrogens is 451 g/mol. The second kappa shape index (κ2) is 9.29. The maximum atomic E-state index is 12.2. The number of nitrogens with zero attached hydrogens (tertiary/aromatic N) is 2. The van der Waals surface area contributed by atoms with Gasteiger partial charge in [0.25, 0.3) is 0 Å². The van der Waals surface area contributed by atoms with Crippen LogP contribution in [0.25, 0.3) is 5.52 Å². The second-order valence-electron chi connectivity index (χ2n) is 6.46. The Morgan fingerprint density at radius 1 is 1.16 bits per heavy atom. The molecule has 3 rings (SSSR count). The van der Waals surface area contributed by atoms with E-state index in [-0.39, 0.29) is 24.5 Å². The molecule has 0 spiro atoms. The van der Waals surface area contributed by atoms with Gasteiger partial charge >= 0.3 is 12.3 Å². The summed E-state index contributed by atoms with van der Waals surface area (Å²) in [5.74, 6) is -1.25. The van der Waals surface area contributed by atoms with Gasteiger partial charge in [-0.1, -0.05) is 6.07 Å². The molecule has 0 radical (unpaired) electrons. The predicted octanol–water partition coefficient (Wildman–Crippen LogP) is 3.12. The molecule has 8 nitrogen and oxygen atoms in total. The van der Waals surface area contributed by atoms with Gasteiger partial charge in [-0.15, -0.1) is 13.2 Å². The van der Waals surface area contributed by atoms with Gasteiger partial charge in [-0.3, -0.25) is 4.79 Å². The van der Waals surface area contributed by atoms with Gasteiger partial charge in [-0.2, -0.15) is 5.26 Å². The Hall–Kier alpha value is -3.56. The third-order valence-electron chi connectivity index (χ3n) is 4.25. The number of aromatic nitrogens is 1. The molecule has 3 aromatic rings. The van der Waals surface area contributed by atoms with Crippen LogP contribution >= 0.6 is 0 Å². The lowest BCUT2D eigenvalue weighted by Crippen LogP contribution is -2.26. The molecule has 0 saturated carbocycles. The van der Waals surface area contributed by atoms with Crippen molar-refractivity contribution in [1.82, 2.24) is 9.12 Å². The number of halogens is 3. The van der Waals surface area contributed by atoms with Crippen LogP contribution in [-0.2, 0) is 26.2 Å². The van der Waals surface area contributed by atoms with Crippen molar-refractivity contribution in [1.29, 1.82) is 5.26 Å². The summed E-state index contributed by atoms with van der Waals surface area (Å²) < 4.78 is 73.6. The number of pyridine rings is 1. The fourth-order valence-electron chi connectivity index (χ4n) is 2.84. The van der Waals surface area contributed by atoms with Crippen LogP contribution in [-0.4, -0.2) is 31.7 Å². The van der Waals surface area contributed by atoms with Gasteiger partial charge in [0.15, 0.2) is 0 Å². The Morgan fingerprint density at radius 3 is 2.53 bits per heavy atom. The number of hydrogen-bond donors (Lipinski definition) is 1. The number of carbonyl (C=O) groups excluding carboxylic acids is 1. The number of rotatable bonds is 8. The molecule has 12 heteroatoms. The Kier molecular flexibility index (Phi) is 6.71. The molecule has 0 aliphatic carbocycles. The van der Waals surface area contributed by atoms with Crippen molar-refractivity contribution in [3.05, 3.63) is 66.0 Å². The predicted molar refractivity (Wildman–Crippen MR) is 105 cm³/mol. The SMILES string of the molecule is N#Cc1c(COC(=O)CCNS(=O)(=O)c2ccc(OC(F)(F)F)cc2)cn2ccccc12. The van der Waals surface area contributed by atoms with Gasteiger partial charge in [0.2, 0.25) is 10.0 Å². The lowest BCUT2D eigenvalue weighted by Gasteiger charge is -2.10. The summed E-state index contributed by atoms with van der Waals surface area (Å²) in [6.45, 7) is -0.443. The topological polar surface area (TPSA) is 110 Å². The van der Waals surface area contributed by atoms with Crippen molar-refractivity contribution >= 4 is 21.5 Å². The van der Waals surface area contributed by atoms with E-state index in [1.807, 2.05) is 0 Å². The van der Waals surface area contributed by atoms with E-state index in [1.54, 1.807) is 35.0 Å². The number of nitriles is 1. The molecule has 2 aromatic heterocycles. The molecular formula is C20H16F3N3O5S. The largest absolute Gasteiger partial charge is 0.573 e.